The van der Waals surface area contributed by atoms with Gasteiger partial charge in [-0.2, -0.15) is 10.1 Å². The van der Waals surface area contributed by atoms with Gasteiger partial charge >= 0.3 is 19.4 Å². The molecular formula is C20H25F2N4O7P. The fourth-order valence-corrected chi connectivity index (χ4v) is 4.68. The highest BCUT2D eigenvalue weighted by Crippen LogP contribution is 2.47. The summed E-state index contributed by atoms with van der Waals surface area (Å²) < 4.78 is 64.3. The first-order chi connectivity index (χ1) is 16.0. The molecule has 0 radical (unpaired) electrons. The lowest BCUT2D eigenvalue weighted by Crippen LogP contribution is -2.35. The van der Waals surface area contributed by atoms with Crippen molar-refractivity contribution in [1.82, 2.24) is 14.6 Å². The van der Waals surface area contributed by atoms with E-state index < -0.39 is 56.7 Å². The number of ether oxygens (including phenoxy) is 2. The summed E-state index contributed by atoms with van der Waals surface area (Å²) in [6.07, 6.45) is -2.98. The first-order valence-corrected chi connectivity index (χ1v) is 11.9. The molecule has 34 heavy (non-hydrogen) atoms. The van der Waals surface area contributed by atoms with Crippen molar-refractivity contribution in [3.63, 3.8) is 0 Å². The number of nitrogens with two attached hydrogens (primary N) is 1. The van der Waals surface area contributed by atoms with E-state index in [1.54, 1.807) is 25.1 Å². The number of aromatic nitrogens is 2. The molecular weight excluding hydrogens is 477 g/mol. The Bertz CT molecular complexity index is 1100. The Hall–Kier alpha value is -2.86. The molecule has 1 aromatic heterocycles. The topological polar surface area (TPSA) is 144 Å². The third kappa shape index (κ3) is 6.38. The van der Waals surface area contributed by atoms with Crippen LogP contribution in [0.3, 0.4) is 0 Å². The molecule has 2 aromatic rings. The van der Waals surface area contributed by atoms with E-state index in [1.807, 2.05) is 0 Å². The molecule has 1 aromatic carbocycles. The third-order valence-corrected chi connectivity index (χ3v) is 6.32. The van der Waals surface area contributed by atoms with Crippen LogP contribution in [0.2, 0.25) is 0 Å². The number of nitrogen functional groups attached to an aromatic ring is 1. The highest BCUT2D eigenvalue weighted by Gasteiger charge is 2.52. The van der Waals surface area contributed by atoms with Crippen LogP contribution in [0.5, 0.6) is 5.75 Å². The molecule has 3 unspecified atom stereocenters. The molecule has 0 aliphatic carbocycles. The average Bonchev–Trinajstić information content (AvgIpc) is 3.07. The zero-order chi connectivity index (χ0) is 24.9. The minimum Gasteiger partial charge on any atom is -0.465 e. The van der Waals surface area contributed by atoms with Crippen molar-refractivity contribution >= 4 is 19.5 Å². The van der Waals surface area contributed by atoms with Gasteiger partial charge < -0.3 is 19.7 Å². The Balaban J connectivity index is 1.74. The zero-order valence-electron chi connectivity index (χ0n) is 18.4. The predicted molar refractivity (Wildman–Crippen MR) is 116 cm³/mol. The quantitative estimate of drug-likeness (QED) is 0.367. The van der Waals surface area contributed by atoms with Gasteiger partial charge in [-0.25, -0.2) is 18.1 Å². The standard InChI is InChI=1S/C20H25F2N4O7P/c1-3-30-17(27)13(2)25-34(29,33-14-7-5-4-6-8-14)31-12-15-11-20(21,22)18(32-15)26-10-9-16(23)24-19(26)28/h4-10,13,15,18H,3,11-12H2,1-2H3,(H,25,29)(H2,23,24,28)/t13-,15?,18?,34?/m0/s1. The lowest BCUT2D eigenvalue weighted by atomic mass is 10.2. The smallest absolute Gasteiger partial charge is 0.459 e. The third-order valence-electron chi connectivity index (χ3n) is 4.68. The first-order valence-electron chi connectivity index (χ1n) is 10.3. The van der Waals surface area contributed by atoms with Crippen LogP contribution in [0.25, 0.3) is 0 Å². The van der Waals surface area contributed by atoms with Crippen molar-refractivity contribution in [2.45, 2.75) is 44.6 Å². The Morgan fingerprint density at radius 1 is 1.38 bits per heavy atom. The average molecular weight is 502 g/mol. The predicted octanol–water partition coefficient (Wildman–Crippen LogP) is 2.49. The maximum absolute atomic E-state index is 14.6. The van der Waals surface area contributed by atoms with Crippen LogP contribution in [0.4, 0.5) is 14.6 Å². The summed E-state index contributed by atoms with van der Waals surface area (Å²) in [7, 11) is -4.25. The highest BCUT2D eigenvalue weighted by molar-refractivity contribution is 7.52. The molecule has 3 N–H and O–H groups in total. The van der Waals surface area contributed by atoms with Crippen molar-refractivity contribution < 1.29 is 36.7 Å². The van der Waals surface area contributed by atoms with Crippen LogP contribution < -0.4 is 21.0 Å². The van der Waals surface area contributed by atoms with Crippen LogP contribution in [-0.2, 0) is 23.4 Å². The SMILES string of the molecule is CCOC(=O)[C@H](C)NP(=O)(OCC1CC(F)(F)C(n2ccc(N)nc2=O)O1)Oc1ccccc1. The van der Waals surface area contributed by atoms with Crippen LogP contribution in [0, 0.1) is 0 Å². The van der Waals surface area contributed by atoms with E-state index in [2.05, 4.69) is 10.1 Å². The molecule has 1 aliphatic heterocycles. The molecule has 0 spiro atoms. The number of hydrogen-bond donors (Lipinski definition) is 2. The van der Waals surface area contributed by atoms with E-state index in [1.165, 1.54) is 25.1 Å². The van der Waals surface area contributed by atoms with Gasteiger partial charge in [0.25, 0.3) is 5.92 Å². The number of carbonyl (C=O) groups is 1. The first kappa shape index (κ1) is 25.8. The molecule has 1 saturated heterocycles. The normalized spacial score (nSPS) is 22.0. The maximum Gasteiger partial charge on any atom is 0.459 e. The lowest BCUT2D eigenvalue weighted by Gasteiger charge is -2.24. The maximum atomic E-state index is 14.6. The summed E-state index contributed by atoms with van der Waals surface area (Å²) in [5.74, 6) is -4.12. The zero-order valence-corrected chi connectivity index (χ0v) is 19.3. The number of esters is 1. The second kappa shape index (κ2) is 10.6. The largest absolute Gasteiger partial charge is 0.465 e. The molecule has 0 amide bonds. The molecule has 0 saturated carbocycles. The van der Waals surface area contributed by atoms with E-state index in [-0.39, 0.29) is 18.2 Å². The highest BCUT2D eigenvalue weighted by atomic mass is 31.2. The molecule has 14 heteroatoms. The summed E-state index contributed by atoms with van der Waals surface area (Å²) in [6.45, 7) is 2.51. The Labute approximate surface area is 193 Å². The van der Waals surface area contributed by atoms with Gasteiger partial charge in [0.1, 0.15) is 17.6 Å². The summed E-state index contributed by atoms with van der Waals surface area (Å²) in [4.78, 5) is 27.4. The number of hydrogen-bond acceptors (Lipinski definition) is 9. The number of halogens is 2. The number of rotatable bonds is 10. The minimum absolute atomic E-state index is 0.0985. The number of alkyl halides is 2. The number of nitrogens with zero attached hydrogens (tertiary/aromatic N) is 2. The number of anilines is 1. The fraction of sp³-hybridized carbons (Fsp3) is 0.450. The number of carbonyl (C=O) groups excluding carboxylic acids is 1. The molecule has 1 fully saturated rings. The van der Waals surface area contributed by atoms with Gasteiger partial charge in [0.15, 0.2) is 0 Å². The number of para-hydroxylation sites is 1. The number of benzene rings is 1. The van der Waals surface area contributed by atoms with Crippen molar-refractivity contribution in [3.05, 3.63) is 53.1 Å². The Kier molecular flexibility index (Phi) is 8.03. The van der Waals surface area contributed by atoms with E-state index in [4.69, 9.17) is 24.3 Å². The second-order valence-corrected chi connectivity index (χ2v) is 9.11. The van der Waals surface area contributed by atoms with Gasteiger partial charge in [0.05, 0.1) is 19.3 Å². The summed E-state index contributed by atoms with van der Waals surface area (Å²) in [6, 6.07) is 8.05. The van der Waals surface area contributed by atoms with Crippen LogP contribution in [0.15, 0.2) is 47.4 Å². The van der Waals surface area contributed by atoms with Gasteiger partial charge in [0, 0.05) is 12.6 Å². The summed E-state index contributed by atoms with van der Waals surface area (Å²) >= 11 is 0. The van der Waals surface area contributed by atoms with E-state index in [9.17, 15) is 22.9 Å². The fourth-order valence-electron chi connectivity index (χ4n) is 3.15. The van der Waals surface area contributed by atoms with Crippen LogP contribution in [0.1, 0.15) is 26.5 Å². The van der Waals surface area contributed by atoms with Crippen molar-refractivity contribution in [3.8, 4) is 5.75 Å². The van der Waals surface area contributed by atoms with Gasteiger partial charge in [-0.3, -0.25) is 13.9 Å². The van der Waals surface area contributed by atoms with Gasteiger partial charge in [-0.15, -0.1) is 0 Å². The van der Waals surface area contributed by atoms with Gasteiger partial charge in [0.2, 0.25) is 6.23 Å². The molecule has 11 nitrogen and oxygen atoms in total. The van der Waals surface area contributed by atoms with Crippen LogP contribution >= 0.6 is 7.75 Å². The van der Waals surface area contributed by atoms with Crippen molar-refractivity contribution in [2.24, 2.45) is 0 Å². The summed E-state index contributed by atoms with van der Waals surface area (Å²) in [5.41, 5.74) is 4.40. The van der Waals surface area contributed by atoms with Gasteiger partial charge in [-0.05, 0) is 32.0 Å². The number of nitrogens with one attached hydrogen (secondary N) is 1. The lowest BCUT2D eigenvalue weighted by molar-refractivity contribution is -0.144. The van der Waals surface area contributed by atoms with Crippen LogP contribution in [-0.4, -0.2) is 46.8 Å². The molecule has 3 rings (SSSR count). The second-order valence-electron chi connectivity index (χ2n) is 7.42. The molecule has 2 heterocycles. The van der Waals surface area contributed by atoms with E-state index >= 15 is 0 Å². The minimum atomic E-state index is -4.25. The Morgan fingerprint density at radius 2 is 2.09 bits per heavy atom. The van der Waals surface area contributed by atoms with Crippen molar-refractivity contribution in [2.75, 3.05) is 18.9 Å². The molecule has 0 bridgehead atoms. The van der Waals surface area contributed by atoms with E-state index in [0.29, 0.717) is 4.57 Å². The van der Waals surface area contributed by atoms with E-state index in [0.717, 1.165) is 6.20 Å². The molecule has 1 aliphatic rings. The monoisotopic (exact) mass is 502 g/mol. The molecule has 4 atom stereocenters. The van der Waals surface area contributed by atoms with Gasteiger partial charge in [-0.1, -0.05) is 18.2 Å². The molecule has 186 valence electrons. The Morgan fingerprint density at radius 3 is 2.74 bits per heavy atom. The summed E-state index contributed by atoms with van der Waals surface area (Å²) in [5, 5.41) is 2.44. The van der Waals surface area contributed by atoms with Crippen molar-refractivity contribution in [1.29, 1.82) is 0 Å².